The molecule has 0 amide bonds. The number of Topliss-reactive ketones (excluding diaryl/α,β-unsaturated/α-hetero) is 1. The van der Waals surface area contributed by atoms with Crippen LogP contribution in [0.1, 0.15) is 54.4 Å². The maximum Gasteiger partial charge on any atom is 0.305 e. The Labute approximate surface area is 218 Å². The van der Waals surface area contributed by atoms with E-state index in [2.05, 4.69) is 30.3 Å². The summed E-state index contributed by atoms with van der Waals surface area (Å²) in [6, 6.07) is 11.8. The van der Waals surface area contributed by atoms with Crippen LogP contribution in [0.2, 0.25) is 0 Å². The van der Waals surface area contributed by atoms with Crippen LogP contribution < -0.4 is 10.5 Å². The van der Waals surface area contributed by atoms with Crippen molar-refractivity contribution in [3.63, 3.8) is 0 Å². The summed E-state index contributed by atoms with van der Waals surface area (Å²) < 4.78 is 31.7. The molecule has 3 N–H and O–H groups in total. The summed E-state index contributed by atoms with van der Waals surface area (Å²) in [5, 5.41) is 10.6. The number of allylic oxidation sites excluding steroid dienone is 1. The van der Waals surface area contributed by atoms with E-state index in [1.807, 2.05) is 6.07 Å². The van der Waals surface area contributed by atoms with Gasteiger partial charge in [-0.1, -0.05) is 42.0 Å². The number of ketones is 1. The lowest BCUT2D eigenvalue weighted by Crippen LogP contribution is -2.74. The van der Waals surface area contributed by atoms with Gasteiger partial charge in [-0.15, -0.1) is 0 Å². The smallest absolute Gasteiger partial charge is 0.305 e. The van der Waals surface area contributed by atoms with Crippen LogP contribution >= 0.6 is 0 Å². The third-order valence-corrected chi connectivity index (χ3v) is 10.3. The van der Waals surface area contributed by atoms with E-state index in [4.69, 9.17) is 18.8 Å². The van der Waals surface area contributed by atoms with Crippen LogP contribution in [-0.2, 0) is 49.2 Å². The second-order valence-corrected chi connectivity index (χ2v) is 12.0. The summed E-state index contributed by atoms with van der Waals surface area (Å²) in [7, 11) is 0. The van der Waals surface area contributed by atoms with Gasteiger partial charge in [0.1, 0.15) is 5.60 Å². The van der Waals surface area contributed by atoms with Gasteiger partial charge in [0.2, 0.25) is 0 Å². The SMILES string of the molecule is NC1CCC23c4c5ccc(O)c4OC2C(=O)CCC3(OS(=O)OCCC2=CCc3ccccc3C2)C1C5. The third kappa shape index (κ3) is 3.29. The molecule has 0 radical (unpaired) electrons. The maximum absolute atomic E-state index is 13.4. The van der Waals surface area contributed by atoms with E-state index in [1.54, 1.807) is 6.07 Å². The molecule has 7 nitrogen and oxygen atoms in total. The Hall–Kier alpha value is -2.52. The minimum Gasteiger partial charge on any atom is -0.504 e. The molecule has 2 aromatic carbocycles. The summed E-state index contributed by atoms with van der Waals surface area (Å²) in [4.78, 5) is 13.2. The van der Waals surface area contributed by atoms with Gasteiger partial charge in [0, 0.05) is 23.9 Å². The van der Waals surface area contributed by atoms with Gasteiger partial charge in [0.15, 0.2) is 23.4 Å². The van der Waals surface area contributed by atoms with Crippen molar-refractivity contribution in [2.45, 2.75) is 74.5 Å². The van der Waals surface area contributed by atoms with Crippen molar-refractivity contribution in [1.29, 1.82) is 0 Å². The molecule has 1 spiro atoms. The number of nitrogens with two attached hydrogens (primary N) is 1. The molecule has 2 fully saturated rings. The summed E-state index contributed by atoms with van der Waals surface area (Å²) in [6.07, 6.45) is 6.49. The molecule has 7 rings (SSSR count). The lowest BCUT2D eigenvalue weighted by molar-refractivity contribution is -0.169. The number of hydrogen-bond acceptors (Lipinski definition) is 7. The number of phenolic OH excluding ortho intramolecular Hbond substituents is 1. The van der Waals surface area contributed by atoms with E-state index in [0.717, 1.165) is 24.0 Å². The molecule has 0 aromatic heterocycles. The number of phenols is 1. The lowest BCUT2D eigenvalue weighted by Gasteiger charge is -2.62. The van der Waals surface area contributed by atoms with Crippen LogP contribution in [0.5, 0.6) is 11.5 Å². The normalized spacial score (nSPS) is 33.7. The summed E-state index contributed by atoms with van der Waals surface area (Å²) in [5.41, 5.74) is 10.7. The van der Waals surface area contributed by atoms with E-state index < -0.39 is 28.5 Å². The molecule has 4 aliphatic carbocycles. The number of rotatable bonds is 6. The molecular weight excluding hydrogens is 490 g/mol. The second-order valence-electron chi connectivity index (χ2n) is 11.2. The predicted molar refractivity (Wildman–Crippen MR) is 137 cm³/mol. The first-order chi connectivity index (χ1) is 17.9. The molecule has 2 aromatic rings. The van der Waals surface area contributed by atoms with Crippen LogP contribution in [-0.4, -0.2) is 39.5 Å². The van der Waals surface area contributed by atoms with Crippen LogP contribution in [0.25, 0.3) is 0 Å². The predicted octanol–water partition coefficient (Wildman–Crippen LogP) is 3.51. The number of ether oxygens (including phenoxy) is 1. The van der Waals surface area contributed by atoms with Gasteiger partial charge in [-0.25, -0.2) is 0 Å². The van der Waals surface area contributed by atoms with Crippen LogP contribution in [0.15, 0.2) is 48.0 Å². The number of hydrogen-bond donors (Lipinski definition) is 2. The number of carbonyl (C=O) groups is 1. The van der Waals surface area contributed by atoms with Crippen LogP contribution in [0.4, 0.5) is 0 Å². The quantitative estimate of drug-likeness (QED) is 0.560. The zero-order valence-corrected chi connectivity index (χ0v) is 21.4. The van der Waals surface area contributed by atoms with Gasteiger partial charge in [0.05, 0.1) is 12.0 Å². The molecule has 5 aliphatic rings. The first-order valence-corrected chi connectivity index (χ1v) is 14.2. The van der Waals surface area contributed by atoms with Crippen LogP contribution in [0, 0.1) is 5.92 Å². The van der Waals surface area contributed by atoms with Gasteiger partial charge >= 0.3 is 11.4 Å². The highest BCUT2D eigenvalue weighted by Crippen LogP contribution is 2.68. The van der Waals surface area contributed by atoms with Crippen molar-refractivity contribution >= 4 is 17.1 Å². The Morgan fingerprint density at radius 3 is 2.84 bits per heavy atom. The molecule has 0 saturated heterocycles. The van der Waals surface area contributed by atoms with Gasteiger partial charge < -0.3 is 15.6 Å². The van der Waals surface area contributed by atoms with Crippen molar-refractivity contribution in [2.24, 2.45) is 11.7 Å². The minimum absolute atomic E-state index is 0.00638. The van der Waals surface area contributed by atoms with E-state index in [0.29, 0.717) is 37.9 Å². The molecule has 2 bridgehead atoms. The van der Waals surface area contributed by atoms with E-state index >= 15 is 0 Å². The zero-order chi connectivity index (χ0) is 25.4. The van der Waals surface area contributed by atoms with Crippen LogP contribution in [0.3, 0.4) is 0 Å². The summed E-state index contributed by atoms with van der Waals surface area (Å²) in [6.45, 7) is 0.280. The molecule has 1 aliphatic heterocycles. The largest absolute Gasteiger partial charge is 0.504 e. The maximum atomic E-state index is 13.4. The van der Waals surface area contributed by atoms with Gasteiger partial charge in [-0.3, -0.25) is 13.2 Å². The number of fused-ring (bicyclic) bond motifs is 1. The van der Waals surface area contributed by atoms with Gasteiger partial charge in [0.25, 0.3) is 0 Å². The Balaban J connectivity index is 1.15. The highest BCUT2D eigenvalue weighted by Gasteiger charge is 2.75. The molecule has 6 unspecified atom stereocenters. The van der Waals surface area contributed by atoms with E-state index in [1.165, 1.54) is 16.7 Å². The fourth-order valence-electron chi connectivity index (χ4n) is 7.91. The van der Waals surface area contributed by atoms with E-state index in [9.17, 15) is 14.1 Å². The molecular formula is C29H31NO6S. The Kier molecular flexibility index (Phi) is 5.42. The topological polar surface area (TPSA) is 108 Å². The molecule has 1 heterocycles. The van der Waals surface area contributed by atoms with Crippen molar-refractivity contribution in [1.82, 2.24) is 0 Å². The number of aromatic hydroxyl groups is 1. The molecule has 194 valence electrons. The number of carbonyl (C=O) groups excluding carboxylic acids is 1. The fourth-order valence-corrected chi connectivity index (χ4v) is 8.78. The first-order valence-electron chi connectivity index (χ1n) is 13.2. The van der Waals surface area contributed by atoms with Crippen molar-refractivity contribution in [3.8, 4) is 11.5 Å². The lowest BCUT2D eigenvalue weighted by atomic mass is 9.45. The molecule has 6 atom stereocenters. The van der Waals surface area contributed by atoms with Crippen molar-refractivity contribution < 1.29 is 27.2 Å². The standard InChI is InChI=1S/C29H31NO6S/c30-22-9-12-28-25-20-7-8-23(31)26(25)35-27(28)24(32)10-13-29(28,21(22)16-20)36-37(33)34-14-11-17-5-6-18-3-1-2-4-19(18)15-17/h1-5,7-8,21-22,27,31H,6,9-16,30H2. The fraction of sp³-hybridized carbons (Fsp3) is 0.483. The Morgan fingerprint density at radius 1 is 1.14 bits per heavy atom. The van der Waals surface area contributed by atoms with Gasteiger partial charge in [-0.2, -0.15) is 4.21 Å². The van der Waals surface area contributed by atoms with Crippen molar-refractivity contribution in [2.75, 3.05) is 6.61 Å². The highest BCUT2D eigenvalue weighted by atomic mass is 32.2. The van der Waals surface area contributed by atoms with Crippen molar-refractivity contribution in [3.05, 3.63) is 70.3 Å². The monoisotopic (exact) mass is 521 g/mol. The number of benzene rings is 2. The Morgan fingerprint density at radius 2 is 1.97 bits per heavy atom. The average molecular weight is 522 g/mol. The Bertz CT molecular complexity index is 1360. The highest BCUT2D eigenvalue weighted by molar-refractivity contribution is 7.75. The molecule has 8 heteroatoms. The van der Waals surface area contributed by atoms with Gasteiger partial charge in [-0.05, 0) is 67.7 Å². The average Bonchev–Trinajstić information content (AvgIpc) is 3.26. The molecule has 37 heavy (non-hydrogen) atoms. The summed E-state index contributed by atoms with van der Waals surface area (Å²) in [5.74, 6) is 0.259. The minimum atomic E-state index is -2.02. The zero-order valence-electron chi connectivity index (χ0n) is 20.6. The second kappa shape index (κ2) is 8.50. The first kappa shape index (κ1) is 23.6. The third-order valence-electron chi connectivity index (χ3n) is 9.54. The summed E-state index contributed by atoms with van der Waals surface area (Å²) >= 11 is -2.02. The molecule has 2 saturated carbocycles. The van der Waals surface area contributed by atoms with E-state index in [-0.39, 0.29) is 36.5 Å².